The van der Waals surface area contributed by atoms with E-state index in [4.69, 9.17) is 34.8 Å². The van der Waals surface area contributed by atoms with Crippen LogP contribution in [-0.4, -0.2) is 11.8 Å². The van der Waals surface area contributed by atoms with E-state index in [0.29, 0.717) is 5.69 Å². The van der Waals surface area contributed by atoms with Gasteiger partial charge in [-0.25, -0.2) is 4.90 Å². The van der Waals surface area contributed by atoms with Gasteiger partial charge < -0.3 is 0 Å². The van der Waals surface area contributed by atoms with Crippen LogP contribution in [0.5, 0.6) is 0 Å². The number of imide groups is 1. The van der Waals surface area contributed by atoms with Gasteiger partial charge in [0.15, 0.2) is 0 Å². The molecule has 0 saturated carbocycles. The Balaban J connectivity index is 2.52. The average molecular weight is 279 g/mol. The number of nitrogens with zero attached hydrogens (tertiary/aromatic N) is 1. The van der Waals surface area contributed by atoms with Crippen LogP contribution in [0.15, 0.2) is 12.1 Å². The number of hydrogen-bond donors (Lipinski definition) is 0. The molecule has 1 aromatic carbocycles. The Hall–Kier alpha value is -0.770. The first kappa shape index (κ1) is 11.7. The molecule has 0 unspecified atom stereocenters. The second-order valence-corrected chi connectivity index (χ2v) is 4.48. The minimum Gasteiger partial charge on any atom is -0.274 e. The van der Waals surface area contributed by atoms with Gasteiger partial charge in [-0.05, 0) is 12.1 Å². The maximum absolute atomic E-state index is 11.5. The van der Waals surface area contributed by atoms with Gasteiger partial charge in [-0.2, -0.15) is 0 Å². The van der Waals surface area contributed by atoms with Crippen molar-refractivity contribution >= 4 is 52.3 Å². The summed E-state index contributed by atoms with van der Waals surface area (Å²) in [6.07, 6.45) is 0.408. The number of carbonyl (C=O) groups is 2. The second-order valence-electron chi connectivity index (χ2n) is 3.32. The fourth-order valence-electron chi connectivity index (χ4n) is 1.53. The van der Waals surface area contributed by atoms with Gasteiger partial charge in [-0.1, -0.05) is 34.8 Å². The standard InChI is InChI=1S/C10H6Cl3NO2/c11-5-1-2-6(10(13)9(5)12)14-7(15)3-4-8(14)16/h1-2H,3-4H2. The highest BCUT2D eigenvalue weighted by Gasteiger charge is 2.32. The lowest BCUT2D eigenvalue weighted by Crippen LogP contribution is -2.28. The molecule has 84 valence electrons. The molecule has 1 aliphatic rings. The summed E-state index contributed by atoms with van der Waals surface area (Å²) in [5, 5.41) is 0.556. The first-order chi connectivity index (χ1) is 7.52. The molecule has 3 nitrogen and oxygen atoms in total. The van der Waals surface area contributed by atoms with Crippen molar-refractivity contribution in [2.24, 2.45) is 0 Å². The van der Waals surface area contributed by atoms with Gasteiger partial charge in [0, 0.05) is 12.8 Å². The third-order valence-corrected chi connectivity index (χ3v) is 3.59. The van der Waals surface area contributed by atoms with Gasteiger partial charge in [0.25, 0.3) is 0 Å². The Bertz CT molecular complexity index is 471. The first-order valence-corrected chi connectivity index (χ1v) is 5.65. The van der Waals surface area contributed by atoms with Crippen LogP contribution < -0.4 is 4.90 Å². The van der Waals surface area contributed by atoms with Gasteiger partial charge in [-0.3, -0.25) is 9.59 Å². The van der Waals surface area contributed by atoms with Crippen molar-refractivity contribution in [1.82, 2.24) is 0 Å². The highest BCUT2D eigenvalue weighted by atomic mass is 35.5. The fourth-order valence-corrected chi connectivity index (χ4v) is 2.15. The average Bonchev–Trinajstić information content (AvgIpc) is 2.57. The van der Waals surface area contributed by atoms with Crippen molar-refractivity contribution in [3.05, 3.63) is 27.2 Å². The van der Waals surface area contributed by atoms with Crippen molar-refractivity contribution in [3.8, 4) is 0 Å². The molecule has 0 atom stereocenters. The van der Waals surface area contributed by atoms with Gasteiger partial charge >= 0.3 is 0 Å². The van der Waals surface area contributed by atoms with Crippen molar-refractivity contribution < 1.29 is 9.59 Å². The molecular weight excluding hydrogens is 272 g/mol. The van der Waals surface area contributed by atoms with E-state index >= 15 is 0 Å². The Labute approximate surface area is 107 Å². The van der Waals surface area contributed by atoms with Crippen LogP contribution in [0.4, 0.5) is 5.69 Å². The zero-order valence-electron chi connectivity index (χ0n) is 7.97. The molecule has 1 fully saturated rings. The Kier molecular flexibility index (Phi) is 3.10. The van der Waals surface area contributed by atoms with Crippen molar-refractivity contribution in [2.75, 3.05) is 4.90 Å². The van der Waals surface area contributed by atoms with Crippen LogP contribution in [-0.2, 0) is 9.59 Å². The van der Waals surface area contributed by atoms with Crippen LogP contribution in [0.1, 0.15) is 12.8 Å². The lowest BCUT2D eigenvalue weighted by molar-refractivity contribution is -0.121. The van der Waals surface area contributed by atoms with E-state index in [1.807, 2.05) is 0 Å². The zero-order chi connectivity index (χ0) is 11.9. The number of amides is 2. The van der Waals surface area contributed by atoms with E-state index in [1.54, 1.807) is 0 Å². The monoisotopic (exact) mass is 277 g/mol. The molecule has 1 heterocycles. The third kappa shape index (κ3) is 1.79. The molecule has 16 heavy (non-hydrogen) atoms. The summed E-state index contributed by atoms with van der Waals surface area (Å²) in [6, 6.07) is 3.02. The first-order valence-electron chi connectivity index (χ1n) is 4.51. The Morgan fingerprint density at radius 3 is 2.06 bits per heavy atom. The summed E-state index contributed by atoms with van der Waals surface area (Å²) in [6.45, 7) is 0. The van der Waals surface area contributed by atoms with E-state index in [0.717, 1.165) is 4.90 Å². The normalized spacial score (nSPS) is 16.1. The van der Waals surface area contributed by atoms with Crippen molar-refractivity contribution in [3.63, 3.8) is 0 Å². The molecule has 2 rings (SSSR count). The highest BCUT2D eigenvalue weighted by Crippen LogP contribution is 2.39. The van der Waals surface area contributed by atoms with Crippen LogP contribution >= 0.6 is 34.8 Å². The van der Waals surface area contributed by atoms with E-state index in [2.05, 4.69) is 0 Å². The van der Waals surface area contributed by atoms with E-state index in [-0.39, 0.29) is 39.7 Å². The largest absolute Gasteiger partial charge is 0.274 e. The van der Waals surface area contributed by atoms with Crippen molar-refractivity contribution in [2.45, 2.75) is 12.8 Å². The van der Waals surface area contributed by atoms with Gasteiger partial charge in [0.1, 0.15) is 0 Å². The molecule has 2 amide bonds. The molecule has 0 aliphatic carbocycles. The molecule has 0 aromatic heterocycles. The summed E-state index contributed by atoms with van der Waals surface area (Å²) >= 11 is 17.6. The minimum atomic E-state index is -0.273. The topological polar surface area (TPSA) is 37.4 Å². The number of hydrogen-bond acceptors (Lipinski definition) is 2. The van der Waals surface area contributed by atoms with Crippen molar-refractivity contribution in [1.29, 1.82) is 0 Å². The van der Waals surface area contributed by atoms with Gasteiger partial charge in [-0.15, -0.1) is 0 Å². The molecule has 0 N–H and O–H groups in total. The maximum Gasteiger partial charge on any atom is 0.234 e. The van der Waals surface area contributed by atoms with E-state index in [1.165, 1.54) is 12.1 Å². The van der Waals surface area contributed by atoms with Crippen LogP contribution in [0, 0.1) is 0 Å². The van der Waals surface area contributed by atoms with Gasteiger partial charge in [0.2, 0.25) is 11.8 Å². The van der Waals surface area contributed by atoms with Gasteiger partial charge in [0.05, 0.1) is 20.8 Å². The molecule has 1 aromatic rings. The molecule has 0 spiro atoms. The SMILES string of the molecule is O=C1CCC(=O)N1c1ccc(Cl)c(Cl)c1Cl. The lowest BCUT2D eigenvalue weighted by Gasteiger charge is -2.16. The number of benzene rings is 1. The number of carbonyl (C=O) groups excluding carboxylic acids is 2. The summed E-state index contributed by atoms with van der Waals surface area (Å²) in [5.41, 5.74) is 0.295. The minimum absolute atomic E-state index is 0.123. The summed E-state index contributed by atoms with van der Waals surface area (Å²) in [7, 11) is 0. The Morgan fingerprint density at radius 1 is 0.938 bits per heavy atom. The zero-order valence-corrected chi connectivity index (χ0v) is 10.2. The summed E-state index contributed by atoms with van der Waals surface area (Å²) in [5.74, 6) is -0.546. The summed E-state index contributed by atoms with van der Waals surface area (Å²) < 4.78 is 0. The molecule has 6 heteroatoms. The van der Waals surface area contributed by atoms with Crippen LogP contribution in [0.25, 0.3) is 0 Å². The lowest BCUT2D eigenvalue weighted by atomic mass is 10.3. The predicted octanol–water partition coefficient (Wildman–Crippen LogP) is 3.30. The van der Waals surface area contributed by atoms with Crippen LogP contribution in [0.2, 0.25) is 15.1 Å². The number of anilines is 1. The highest BCUT2D eigenvalue weighted by molar-refractivity contribution is 6.49. The third-order valence-electron chi connectivity index (χ3n) is 2.31. The van der Waals surface area contributed by atoms with Crippen LogP contribution in [0.3, 0.4) is 0 Å². The smallest absolute Gasteiger partial charge is 0.234 e. The summed E-state index contributed by atoms with van der Waals surface area (Å²) in [4.78, 5) is 24.1. The maximum atomic E-state index is 11.5. The van der Waals surface area contributed by atoms with E-state index < -0.39 is 0 Å². The predicted molar refractivity (Wildman–Crippen MR) is 63.2 cm³/mol. The molecule has 1 aliphatic heterocycles. The number of halogens is 3. The molecule has 0 bridgehead atoms. The number of rotatable bonds is 1. The Morgan fingerprint density at radius 2 is 1.50 bits per heavy atom. The second kappa shape index (κ2) is 4.24. The quantitative estimate of drug-likeness (QED) is 0.584. The molecule has 1 saturated heterocycles. The molecule has 0 radical (unpaired) electrons. The van der Waals surface area contributed by atoms with E-state index in [9.17, 15) is 9.59 Å². The fraction of sp³-hybridized carbons (Fsp3) is 0.200. The molecular formula is C10H6Cl3NO2.